The first-order chi connectivity index (χ1) is 19.9. The fourth-order valence-corrected chi connectivity index (χ4v) is 24.1. The standard InChI is InChI=1S/C30H63F7Si4/c31-21-13-5-1-6-14-22-38-29(39-23-15-7-2-10-18-26(32)33)30(40-24-16-8-3-11-19-27(34)35)41-25-17-9-4-12-20-28(36)37/h26-30H,1-25,38-41H2. The van der Waals surface area contributed by atoms with E-state index in [0.717, 1.165) is 61.7 Å². The van der Waals surface area contributed by atoms with Crippen LogP contribution < -0.4 is 0 Å². The molecule has 0 radical (unpaired) electrons. The van der Waals surface area contributed by atoms with Crippen LogP contribution in [-0.4, -0.2) is 64.0 Å². The van der Waals surface area contributed by atoms with Gasteiger partial charge in [0.25, 0.3) is 0 Å². The van der Waals surface area contributed by atoms with Gasteiger partial charge in [-0.05, 0) is 25.7 Å². The Morgan fingerprint density at radius 3 is 0.829 bits per heavy atom. The Hall–Kier alpha value is 0.378. The van der Waals surface area contributed by atoms with Crippen molar-refractivity contribution in [2.75, 3.05) is 6.67 Å². The van der Waals surface area contributed by atoms with Crippen LogP contribution in [0.5, 0.6) is 0 Å². The zero-order valence-corrected chi connectivity index (χ0v) is 31.7. The van der Waals surface area contributed by atoms with Gasteiger partial charge in [0.05, 0.1) is 6.67 Å². The topological polar surface area (TPSA) is 0 Å². The molecule has 0 nitrogen and oxygen atoms in total. The number of hydrogen-bond donors (Lipinski definition) is 0. The van der Waals surface area contributed by atoms with E-state index >= 15 is 0 Å². The summed E-state index contributed by atoms with van der Waals surface area (Å²) < 4.78 is 86.9. The summed E-state index contributed by atoms with van der Waals surface area (Å²) in [6.07, 6.45) is 10.4. The van der Waals surface area contributed by atoms with Crippen LogP contribution in [-0.2, 0) is 0 Å². The molecule has 0 amide bonds. The maximum Gasteiger partial charge on any atom is 0.238 e. The Balaban J connectivity index is 4.80. The van der Waals surface area contributed by atoms with Crippen molar-refractivity contribution in [3.8, 4) is 0 Å². The number of alkyl halides is 7. The molecular weight excluding hydrogens is 606 g/mol. The lowest BCUT2D eigenvalue weighted by molar-refractivity contribution is 0.133. The Labute approximate surface area is 257 Å². The first-order valence-corrected chi connectivity index (χ1v) is 24.5. The van der Waals surface area contributed by atoms with Gasteiger partial charge in [0.15, 0.2) is 0 Å². The second-order valence-electron chi connectivity index (χ2n) is 12.3. The minimum atomic E-state index is -2.18. The number of unbranched alkanes of at least 4 members (excludes halogenated alkanes) is 13. The van der Waals surface area contributed by atoms with Crippen molar-refractivity contribution in [3.63, 3.8) is 0 Å². The van der Waals surface area contributed by atoms with Gasteiger partial charge in [-0.25, -0.2) is 26.3 Å². The molecule has 1 atom stereocenters. The Kier molecular flexibility index (Phi) is 32.1. The highest BCUT2D eigenvalue weighted by atomic mass is 28.3. The number of halogens is 7. The lowest BCUT2D eigenvalue weighted by atomic mass is 10.2. The fraction of sp³-hybridized carbons (Fsp3) is 1.00. The zero-order chi connectivity index (χ0) is 30.4. The third-order valence-corrected chi connectivity index (χ3v) is 25.4. The average Bonchev–Trinajstić information content (AvgIpc) is 2.92. The van der Waals surface area contributed by atoms with Crippen LogP contribution in [0, 0.1) is 0 Å². The normalized spacial score (nSPS) is 14.8. The molecule has 0 spiro atoms. The van der Waals surface area contributed by atoms with E-state index in [-0.39, 0.29) is 64.0 Å². The van der Waals surface area contributed by atoms with Gasteiger partial charge < -0.3 is 0 Å². The third kappa shape index (κ3) is 31.6. The predicted molar refractivity (Wildman–Crippen MR) is 177 cm³/mol. The Morgan fingerprint density at radius 1 is 0.317 bits per heavy atom. The predicted octanol–water partition coefficient (Wildman–Crippen LogP) is 9.39. The molecule has 0 aliphatic rings. The average molecular weight is 669 g/mol. The Morgan fingerprint density at radius 2 is 0.561 bits per heavy atom. The van der Waals surface area contributed by atoms with Crippen LogP contribution in [0.2, 0.25) is 34.5 Å². The van der Waals surface area contributed by atoms with E-state index in [1.54, 1.807) is 0 Å². The molecule has 0 saturated carbocycles. The van der Waals surface area contributed by atoms with Crippen LogP contribution in [0.1, 0.15) is 128 Å². The first-order valence-electron chi connectivity index (χ1n) is 17.3. The highest BCUT2D eigenvalue weighted by molar-refractivity contribution is 6.70. The van der Waals surface area contributed by atoms with Crippen LogP contribution >= 0.6 is 0 Å². The number of rotatable bonds is 33. The molecule has 11 heteroatoms. The van der Waals surface area contributed by atoms with Gasteiger partial charge >= 0.3 is 0 Å². The summed E-state index contributed by atoms with van der Waals surface area (Å²) in [6.45, 7) is -0.208. The summed E-state index contributed by atoms with van der Waals surface area (Å²) in [5, 5.41) is 2.07. The van der Waals surface area contributed by atoms with Crippen LogP contribution in [0.4, 0.5) is 30.7 Å². The van der Waals surface area contributed by atoms with E-state index in [1.165, 1.54) is 56.3 Å². The molecule has 0 rings (SSSR count). The first kappa shape index (κ1) is 41.4. The van der Waals surface area contributed by atoms with Gasteiger partial charge in [-0.1, -0.05) is 118 Å². The van der Waals surface area contributed by atoms with E-state index in [2.05, 4.69) is 0 Å². The maximum atomic E-state index is 12.4. The van der Waals surface area contributed by atoms with Gasteiger partial charge in [-0.15, -0.1) is 0 Å². The van der Waals surface area contributed by atoms with Crippen LogP contribution in [0.25, 0.3) is 0 Å². The molecule has 0 aromatic heterocycles. The smallest absolute Gasteiger partial charge is 0.238 e. The highest BCUT2D eigenvalue weighted by Crippen LogP contribution is 2.28. The van der Waals surface area contributed by atoms with Crippen molar-refractivity contribution in [3.05, 3.63) is 0 Å². The van der Waals surface area contributed by atoms with Crippen molar-refractivity contribution in [1.29, 1.82) is 0 Å². The van der Waals surface area contributed by atoms with Gasteiger partial charge in [0.1, 0.15) is 0 Å². The fourth-order valence-electron chi connectivity index (χ4n) is 6.15. The van der Waals surface area contributed by atoms with Crippen molar-refractivity contribution in [2.45, 2.75) is 182 Å². The quantitative estimate of drug-likeness (QED) is 0.0371. The van der Waals surface area contributed by atoms with Crippen LogP contribution in [0.15, 0.2) is 0 Å². The van der Waals surface area contributed by atoms with E-state index in [0.29, 0.717) is 25.7 Å². The van der Waals surface area contributed by atoms with Crippen molar-refractivity contribution < 1.29 is 30.7 Å². The molecule has 41 heavy (non-hydrogen) atoms. The van der Waals surface area contributed by atoms with Crippen LogP contribution in [0.3, 0.4) is 0 Å². The lowest BCUT2D eigenvalue weighted by Gasteiger charge is -2.27. The van der Waals surface area contributed by atoms with E-state index < -0.39 is 19.3 Å². The molecule has 0 heterocycles. The second kappa shape index (κ2) is 31.8. The van der Waals surface area contributed by atoms with Crippen molar-refractivity contribution in [1.82, 2.24) is 0 Å². The Bertz CT molecular complexity index is 497. The minimum absolute atomic E-state index is 0.0273. The summed E-state index contributed by atoms with van der Waals surface area (Å²) in [7, 11) is -0.655. The zero-order valence-electron chi connectivity index (χ0n) is 26.0. The summed E-state index contributed by atoms with van der Waals surface area (Å²) >= 11 is 0. The monoisotopic (exact) mass is 668 g/mol. The highest BCUT2D eigenvalue weighted by Gasteiger charge is 2.22. The molecule has 0 saturated heterocycles. The largest absolute Gasteiger partial charge is 0.251 e. The summed E-state index contributed by atoms with van der Waals surface area (Å²) in [6, 6.07) is 5.44. The van der Waals surface area contributed by atoms with Gasteiger partial charge in [0.2, 0.25) is 19.3 Å². The molecular formula is C30H63F7Si4. The molecule has 0 aromatic rings. The van der Waals surface area contributed by atoms with Gasteiger partial charge in [-0.3, -0.25) is 4.39 Å². The van der Waals surface area contributed by atoms with E-state index in [1.807, 2.05) is 0 Å². The van der Waals surface area contributed by atoms with E-state index in [4.69, 9.17) is 0 Å². The van der Waals surface area contributed by atoms with Crippen molar-refractivity contribution in [2.24, 2.45) is 0 Å². The molecule has 0 aromatic carbocycles. The molecule has 248 valence electrons. The minimum Gasteiger partial charge on any atom is -0.251 e. The number of hydrogen-bond acceptors (Lipinski definition) is 0. The second-order valence-corrected chi connectivity index (χ2v) is 24.0. The molecule has 0 N–H and O–H groups in total. The summed E-state index contributed by atoms with van der Waals surface area (Å²) in [4.78, 5) is 0. The molecule has 0 aliphatic carbocycles. The maximum absolute atomic E-state index is 12.4. The molecule has 1 unspecified atom stereocenters. The summed E-state index contributed by atoms with van der Waals surface area (Å²) in [5.41, 5.74) is 0. The molecule has 0 fully saturated rings. The van der Waals surface area contributed by atoms with Crippen molar-refractivity contribution >= 4 is 38.1 Å². The van der Waals surface area contributed by atoms with Gasteiger partial charge in [0, 0.05) is 57.3 Å². The molecule has 0 aliphatic heterocycles. The third-order valence-electron chi connectivity index (χ3n) is 8.62. The summed E-state index contributed by atoms with van der Waals surface area (Å²) in [5.74, 6) is 0. The van der Waals surface area contributed by atoms with E-state index in [9.17, 15) is 30.7 Å². The SMILES string of the molecule is FCCCCCCC[SiH2]C([SiH2]CCCCCCC(F)F)C([SiH2]CCCCCCC(F)F)[SiH2]CCCCCCC(F)F. The van der Waals surface area contributed by atoms with Gasteiger partial charge in [-0.2, -0.15) is 0 Å². The molecule has 0 bridgehead atoms. The lowest BCUT2D eigenvalue weighted by Crippen LogP contribution is -2.26.